The van der Waals surface area contributed by atoms with Crippen LogP contribution in [0.4, 0.5) is 0 Å². The minimum absolute atomic E-state index is 0.0429. The molecule has 1 rings (SSSR count). The van der Waals surface area contributed by atoms with E-state index in [-0.39, 0.29) is 5.91 Å². The third-order valence-electron chi connectivity index (χ3n) is 2.87. The quantitative estimate of drug-likeness (QED) is 0.661. The lowest BCUT2D eigenvalue weighted by Crippen LogP contribution is -2.30. The Morgan fingerprint density at radius 1 is 1.50 bits per heavy atom. The van der Waals surface area contributed by atoms with E-state index in [0.29, 0.717) is 0 Å². The molecule has 0 N–H and O–H groups in total. The summed E-state index contributed by atoms with van der Waals surface area (Å²) in [5.41, 5.74) is 0. The Balaban J connectivity index is 2.48. The molecule has 1 unspecified atom stereocenters. The van der Waals surface area contributed by atoms with Crippen molar-refractivity contribution in [1.82, 2.24) is 4.90 Å². The Bertz CT molecular complexity index is 254. The SMILES string of the molecule is CCC1CCCN(C(=O)C#CBr)CC1. The normalized spacial score (nSPS) is 22.1. The topological polar surface area (TPSA) is 20.3 Å². The minimum Gasteiger partial charge on any atom is -0.332 e. The molecule has 0 aromatic carbocycles. The third kappa shape index (κ3) is 3.34. The Morgan fingerprint density at radius 3 is 2.93 bits per heavy atom. The first-order chi connectivity index (χ1) is 6.77. The van der Waals surface area contributed by atoms with Crippen LogP contribution in [0.3, 0.4) is 0 Å². The standard InChI is InChI=1S/C11H16BrNO/c1-2-10-4-3-8-13(9-6-10)11(14)5-7-12/h10H,2-4,6,8-9H2,1H3. The van der Waals surface area contributed by atoms with Crippen LogP contribution in [0.5, 0.6) is 0 Å². The van der Waals surface area contributed by atoms with E-state index in [9.17, 15) is 4.79 Å². The van der Waals surface area contributed by atoms with E-state index >= 15 is 0 Å². The highest BCUT2D eigenvalue weighted by molar-refractivity contribution is 9.12. The summed E-state index contributed by atoms with van der Waals surface area (Å²) in [5.74, 6) is 3.28. The van der Waals surface area contributed by atoms with Crippen LogP contribution in [0.2, 0.25) is 0 Å². The van der Waals surface area contributed by atoms with Crippen molar-refractivity contribution in [2.45, 2.75) is 32.6 Å². The fourth-order valence-electron chi connectivity index (χ4n) is 1.90. The van der Waals surface area contributed by atoms with Gasteiger partial charge in [-0.3, -0.25) is 4.79 Å². The summed E-state index contributed by atoms with van der Waals surface area (Å²) in [6.45, 7) is 3.97. The third-order valence-corrected chi connectivity index (χ3v) is 3.06. The Labute approximate surface area is 94.2 Å². The van der Waals surface area contributed by atoms with Gasteiger partial charge >= 0.3 is 0 Å². The molecule has 1 fully saturated rings. The zero-order valence-corrected chi connectivity index (χ0v) is 10.1. The molecule has 1 aliphatic heterocycles. The van der Waals surface area contributed by atoms with E-state index in [1.165, 1.54) is 12.8 Å². The second-order valence-corrected chi connectivity index (χ2v) is 4.11. The molecule has 3 heteroatoms. The number of carbonyl (C=O) groups is 1. The summed E-state index contributed by atoms with van der Waals surface area (Å²) < 4.78 is 0. The smallest absolute Gasteiger partial charge is 0.299 e. The van der Waals surface area contributed by atoms with Gasteiger partial charge < -0.3 is 4.90 Å². The van der Waals surface area contributed by atoms with Crippen molar-refractivity contribution < 1.29 is 4.79 Å². The molecule has 1 aliphatic rings. The number of carbonyl (C=O) groups excluding carboxylic acids is 1. The molecule has 14 heavy (non-hydrogen) atoms. The second kappa shape index (κ2) is 6.08. The van der Waals surface area contributed by atoms with Crippen molar-refractivity contribution >= 4 is 21.8 Å². The molecule has 1 heterocycles. The highest BCUT2D eigenvalue weighted by atomic mass is 79.9. The predicted octanol–water partition coefficient (Wildman–Crippen LogP) is 2.38. The van der Waals surface area contributed by atoms with Gasteiger partial charge in [-0.15, -0.1) is 0 Å². The van der Waals surface area contributed by atoms with Crippen LogP contribution >= 0.6 is 15.9 Å². The zero-order chi connectivity index (χ0) is 10.4. The molecule has 78 valence electrons. The van der Waals surface area contributed by atoms with Gasteiger partial charge in [0.15, 0.2) is 0 Å². The van der Waals surface area contributed by atoms with Crippen molar-refractivity contribution in [3.05, 3.63) is 0 Å². The molecule has 0 radical (unpaired) electrons. The Morgan fingerprint density at radius 2 is 2.29 bits per heavy atom. The summed E-state index contributed by atoms with van der Waals surface area (Å²) in [6, 6.07) is 0. The second-order valence-electron chi connectivity index (χ2n) is 3.72. The van der Waals surface area contributed by atoms with Gasteiger partial charge in [0, 0.05) is 34.9 Å². The number of nitrogens with zero attached hydrogens (tertiary/aromatic N) is 1. The van der Waals surface area contributed by atoms with Crippen LogP contribution in [-0.2, 0) is 4.79 Å². The van der Waals surface area contributed by atoms with Gasteiger partial charge in [0.05, 0.1) is 0 Å². The minimum atomic E-state index is -0.0429. The van der Waals surface area contributed by atoms with Gasteiger partial charge in [-0.2, -0.15) is 0 Å². The predicted molar refractivity (Wildman–Crippen MR) is 60.9 cm³/mol. The summed E-state index contributed by atoms with van der Waals surface area (Å²) in [4.78, 5) is 15.8. The number of amides is 1. The molecule has 1 amide bonds. The molecular formula is C11H16BrNO. The van der Waals surface area contributed by atoms with Gasteiger partial charge in [0.1, 0.15) is 0 Å². The van der Waals surface area contributed by atoms with Crippen LogP contribution in [-0.4, -0.2) is 23.9 Å². The van der Waals surface area contributed by atoms with Crippen molar-refractivity contribution in [1.29, 1.82) is 0 Å². The first kappa shape index (κ1) is 11.6. The van der Waals surface area contributed by atoms with Gasteiger partial charge in [-0.1, -0.05) is 13.3 Å². The van der Waals surface area contributed by atoms with Crippen molar-refractivity contribution in [2.24, 2.45) is 5.92 Å². The highest BCUT2D eigenvalue weighted by Gasteiger charge is 2.18. The van der Waals surface area contributed by atoms with Gasteiger partial charge in [-0.05, 0) is 30.0 Å². The number of hydrogen-bond donors (Lipinski definition) is 0. The average molecular weight is 258 g/mol. The number of rotatable bonds is 1. The molecule has 0 aromatic rings. The number of likely N-dealkylation sites (tertiary alicyclic amines) is 1. The average Bonchev–Trinajstić information content (AvgIpc) is 2.42. The lowest BCUT2D eigenvalue weighted by atomic mass is 9.98. The van der Waals surface area contributed by atoms with Crippen molar-refractivity contribution in [3.8, 4) is 10.8 Å². The largest absolute Gasteiger partial charge is 0.332 e. The molecule has 0 saturated carbocycles. The van der Waals surface area contributed by atoms with Crippen LogP contribution in [0, 0.1) is 16.7 Å². The molecule has 0 aromatic heterocycles. The Hall–Kier alpha value is -0.490. The van der Waals surface area contributed by atoms with E-state index < -0.39 is 0 Å². The number of hydrogen-bond acceptors (Lipinski definition) is 1. The van der Waals surface area contributed by atoms with Crippen molar-refractivity contribution in [3.63, 3.8) is 0 Å². The van der Waals surface area contributed by atoms with E-state index in [1.807, 2.05) is 4.90 Å². The first-order valence-electron chi connectivity index (χ1n) is 5.18. The molecule has 0 bridgehead atoms. The lowest BCUT2D eigenvalue weighted by Gasteiger charge is -2.17. The molecule has 2 nitrogen and oxygen atoms in total. The summed E-state index contributed by atoms with van der Waals surface area (Å²) in [5, 5.41) is 0. The summed E-state index contributed by atoms with van der Waals surface area (Å²) in [6.07, 6.45) is 4.73. The zero-order valence-electron chi connectivity index (χ0n) is 8.55. The van der Waals surface area contributed by atoms with Gasteiger partial charge in [0.2, 0.25) is 0 Å². The van der Waals surface area contributed by atoms with E-state index in [4.69, 9.17) is 0 Å². The molecule has 0 spiro atoms. The van der Waals surface area contributed by atoms with Crippen molar-refractivity contribution in [2.75, 3.05) is 13.1 Å². The first-order valence-corrected chi connectivity index (χ1v) is 5.97. The van der Waals surface area contributed by atoms with E-state index in [2.05, 4.69) is 33.6 Å². The highest BCUT2D eigenvalue weighted by Crippen LogP contribution is 2.19. The van der Waals surface area contributed by atoms with Crippen LogP contribution in [0.25, 0.3) is 0 Å². The fraction of sp³-hybridized carbons (Fsp3) is 0.727. The Kier molecular flexibility index (Phi) is 5.03. The van der Waals surface area contributed by atoms with Crippen LogP contribution in [0.1, 0.15) is 32.6 Å². The molecule has 1 saturated heterocycles. The summed E-state index contributed by atoms with van der Waals surface area (Å²) in [7, 11) is 0. The number of halogens is 1. The molecule has 0 aliphatic carbocycles. The van der Waals surface area contributed by atoms with Gasteiger partial charge in [-0.25, -0.2) is 0 Å². The maximum Gasteiger partial charge on any atom is 0.299 e. The van der Waals surface area contributed by atoms with E-state index in [0.717, 1.165) is 31.8 Å². The maximum absolute atomic E-state index is 11.5. The lowest BCUT2D eigenvalue weighted by molar-refractivity contribution is -0.125. The van der Waals surface area contributed by atoms with Crippen LogP contribution < -0.4 is 0 Å². The van der Waals surface area contributed by atoms with Gasteiger partial charge in [0.25, 0.3) is 5.91 Å². The molecule has 1 atom stereocenters. The monoisotopic (exact) mass is 257 g/mol. The fourth-order valence-corrected chi connectivity index (χ4v) is 2.07. The van der Waals surface area contributed by atoms with Crippen LogP contribution in [0.15, 0.2) is 0 Å². The molecular weight excluding hydrogens is 242 g/mol. The summed E-state index contributed by atoms with van der Waals surface area (Å²) >= 11 is 2.95. The maximum atomic E-state index is 11.5. The van der Waals surface area contributed by atoms with E-state index in [1.54, 1.807) is 0 Å².